The third kappa shape index (κ3) is 4.64. The molecule has 0 atom stereocenters. The molecule has 8 nitrogen and oxygen atoms in total. The molecule has 0 saturated carbocycles. The van der Waals surface area contributed by atoms with Crippen molar-refractivity contribution >= 4 is 32.1 Å². The number of piperazine rings is 1. The van der Waals surface area contributed by atoms with Gasteiger partial charge in [-0.25, -0.2) is 23.4 Å². The fourth-order valence-corrected chi connectivity index (χ4v) is 5.67. The van der Waals surface area contributed by atoms with Crippen LogP contribution in [0.4, 0.5) is 0 Å². The Kier molecular flexibility index (Phi) is 6.03. The minimum absolute atomic E-state index is 0.478. The fraction of sp³-hybridized carbons (Fsp3) is 0.179. The summed E-state index contributed by atoms with van der Waals surface area (Å²) in [6, 6.07) is 22.6. The second-order valence-corrected chi connectivity index (χ2v) is 11.0. The van der Waals surface area contributed by atoms with Gasteiger partial charge in [0.25, 0.3) is 0 Å². The average Bonchev–Trinajstić information content (AvgIpc) is 3.39. The van der Waals surface area contributed by atoms with Crippen molar-refractivity contribution in [1.29, 1.82) is 0 Å². The van der Waals surface area contributed by atoms with Crippen LogP contribution < -0.4 is 0 Å². The molecule has 1 aliphatic rings. The Morgan fingerprint density at radius 2 is 1.57 bits per heavy atom. The van der Waals surface area contributed by atoms with Crippen molar-refractivity contribution in [3.8, 4) is 22.5 Å². The molecule has 0 radical (unpaired) electrons. The lowest BCUT2D eigenvalue weighted by atomic mass is 10.0. The van der Waals surface area contributed by atoms with E-state index in [0.29, 0.717) is 26.2 Å². The van der Waals surface area contributed by atoms with Crippen molar-refractivity contribution in [2.45, 2.75) is 6.54 Å². The minimum atomic E-state index is -3.35. The van der Waals surface area contributed by atoms with E-state index >= 15 is 0 Å². The molecule has 0 aliphatic carbocycles. The number of H-pyrrole nitrogens is 1. The topological polar surface area (TPSA) is 95.1 Å². The van der Waals surface area contributed by atoms with Crippen LogP contribution in [-0.4, -0.2) is 63.7 Å². The number of nitrogens with one attached hydrogen (secondary N) is 1. The van der Waals surface area contributed by atoms with Gasteiger partial charge >= 0.3 is 0 Å². The Morgan fingerprint density at radius 1 is 0.865 bits per heavy atom. The Labute approximate surface area is 215 Å². The summed E-state index contributed by atoms with van der Waals surface area (Å²) in [6.07, 6.45) is 1.57. The van der Waals surface area contributed by atoms with Crippen LogP contribution in [0.15, 0.2) is 85.0 Å². The zero-order chi connectivity index (χ0) is 25.4. The molecule has 9 heteroatoms. The van der Waals surface area contributed by atoms with Gasteiger partial charge in [0.1, 0.15) is 6.33 Å². The van der Waals surface area contributed by atoms with Crippen LogP contribution in [-0.2, 0) is 16.6 Å². The van der Waals surface area contributed by atoms with Crippen molar-refractivity contribution in [1.82, 2.24) is 29.1 Å². The number of rotatable bonds is 6. The quantitative estimate of drug-likeness (QED) is 0.363. The molecule has 5 aromatic rings. The minimum Gasteiger partial charge on any atom is -0.351 e. The normalized spacial score (nSPS) is 15.4. The average molecular weight is 511 g/mol. The van der Waals surface area contributed by atoms with Crippen molar-refractivity contribution in [3.63, 3.8) is 0 Å². The summed E-state index contributed by atoms with van der Waals surface area (Å²) in [7, 11) is -3.35. The monoisotopic (exact) mass is 510 g/mol. The first-order valence-corrected chi connectivity index (χ1v) is 13.6. The molecule has 6 rings (SSSR count). The third-order valence-corrected chi connectivity index (χ3v) is 8.32. The van der Waals surface area contributed by atoms with Gasteiger partial charge in [0.2, 0.25) is 10.0 Å². The second-order valence-electron chi connectivity index (χ2n) is 9.14. The molecule has 37 heavy (non-hydrogen) atoms. The van der Waals surface area contributed by atoms with Crippen molar-refractivity contribution in [2.75, 3.05) is 26.2 Å². The van der Waals surface area contributed by atoms with E-state index in [-0.39, 0.29) is 0 Å². The molecule has 0 unspecified atom stereocenters. The van der Waals surface area contributed by atoms with Crippen molar-refractivity contribution < 1.29 is 8.42 Å². The molecule has 3 aromatic carbocycles. The number of aromatic amines is 1. The number of benzene rings is 3. The summed E-state index contributed by atoms with van der Waals surface area (Å²) < 4.78 is 25.5. The highest BCUT2D eigenvalue weighted by molar-refractivity contribution is 7.92. The van der Waals surface area contributed by atoms with E-state index in [1.165, 1.54) is 9.87 Å². The van der Waals surface area contributed by atoms with Gasteiger partial charge in [0.05, 0.1) is 33.5 Å². The second kappa shape index (κ2) is 9.51. The van der Waals surface area contributed by atoms with Gasteiger partial charge in [-0.05, 0) is 17.7 Å². The lowest BCUT2D eigenvalue weighted by molar-refractivity contribution is 0.182. The summed E-state index contributed by atoms with van der Waals surface area (Å²) in [5, 5.41) is 1.03. The van der Waals surface area contributed by atoms with E-state index in [9.17, 15) is 8.42 Å². The van der Waals surface area contributed by atoms with Gasteiger partial charge in [-0.15, -0.1) is 0 Å². The number of nitrogens with zero attached hydrogens (tertiary/aromatic N) is 5. The zero-order valence-electron chi connectivity index (χ0n) is 20.2. The van der Waals surface area contributed by atoms with Crippen molar-refractivity contribution in [3.05, 3.63) is 90.6 Å². The van der Waals surface area contributed by atoms with Crippen LogP contribution in [0.25, 0.3) is 44.6 Å². The molecule has 1 saturated heterocycles. The summed E-state index contributed by atoms with van der Waals surface area (Å²) in [5.74, 6) is 0. The predicted octanol–water partition coefficient (Wildman–Crippen LogP) is 4.43. The number of aromatic nitrogens is 4. The van der Waals surface area contributed by atoms with Crippen LogP contribution in [0.1, 0.15) is 5.56 Å². The number of sulfonamides is 1. The Hall–Kier alpha value is -3.92. The van der Waals surface area contributed by atoms with Crippen LogP contribution >= 0.6 is 0 Å². The maximum absolute atomic E-state index is 12.0. The Bertz CT molecular complexity index is 1690. The highest BCUT2D eigenvalue weighted by atomic mass is 32.2. The molecule has 0 bridgehead atoms. The highest BCUT2D eigenvalue weighted by Gasteiger charge is 2.24. The van der Waals surface area contributed by atoms with E-state index in [2.05, 4.69) is 62.8 Å². The van der Waals surface area contributed by atoms with E-state index in [1.54, 1.807) is 6.33 Å². The van der Waals surface area contributed by atoms with Gasteiger partial charge in [-0.1, -0.05) is 61.2 Å². The molecule has 186 valence electrons. The summed E-state index contributed by atoms with van der Waals surface area (Å²) in [5.41, 5.74) is 8.45. The maximum atomic E-state index is 12.0. The Balaban J connectivity index is 1.30. The molecule has 1 N–H and O–H groups in total. The fourth-order valence-electron chi connectivity index (χ4n) is 4.79. The van der Waals surface area contributed by atoms with Crippen molar-refractivity contribution in [2.24, 2.45) is 0 Å². The van der Waals surface area contributed by atoms with Gasteiger partial charge in [-0.3, -0.25) is 4.90 Å². The number of fused-ring (bicyclic) bond motifs is 2. The van der Waals surface area contributed by atoms with Crippen LogP contribution in [0.5, 0.6) is 0 Å². The third-order valence-electron chi connectivity index (χ3n) is 6.81. The molecule has 0 spiro atoms. The first-order valence-electron chi connectivity index (χ1n) is 12.1. The van der Waals surface area contributed by atoms with Crippen LogP contribution in [0, 0.1) is 0 Å². The van der Waals surface area contributed by atoms with Gasteiger partial charge in [-0.2, -0.15) is 4.31 Å². The molecular weight excluding hydrogens is 484 g/mol. The van der Waals surface area contributed by atoms with Crippen LogP contribution in [0.3, 0.4) is 0 Å². The largest absolute Gasteiger partial charge is 0.351 e. The summed E-state index contributed by atoms with van der Waals surface area (Å²) in [6.45, 7) is 6.52. The molecule has 3 heterocycles. The highest BCUT2D eigenvalue weighted by Crippen LogP contribution is 2.32. The number of hydrogen-bond donors (Lipinski definition) is 1. The lowest BCUT2D eigenvalue weighted by Gasteiger charge is -2.33. The molecule has 1 aliphatic heterocycles. The molecule has 0 amide bonds. The summed E-state index contributed by atoms with van der Waals surface area (Å²) in [4.78, 5) is 19.6. The maximum Gasteiger partial charge on any atom is 0.235 e. The van der Waals surface area contributed by atoms with E-state index in [1.807, 2.05) is 30.3 Å². The van der Waals surface area contributed by atoms with Gasteiger partial charge in [0, 0.05) is 49.3 Å². The SMILES string of the molecule is C=CS(=O)(=O)N1CCN(Cc2ccc(-c3[nH]c4cc5ncnc5cc4nc3-c3ccccc3)cc2)CC1. The number of imidazole rings is 1. The molecule has 2 aromatic heterocycles. The van der Waals surface area contributed by atoms with E-state index in [0.717, 1.165) is 56.5 Å². The van der Waals surface area contributed by atoms with Gasteiger partial charge < -0.3 is 4.98 Å². The lowest BCUT2D eigenvalue weighted by Crippen LogP contribution is -2.47. The Morgan fingerprint density at radius 3 is 2.27 bits per heavy atom. The summed E-state index contributed by atoms with van der Waals surface area (Å²) >= 11 is 0. The zero-order valence-corrected chi connectivity index (χ0v) is 21.0. The van der Waals surface area contributed by atoms with Gasteiger partial charge in [0.15, 0.2) is 0 Å². The first kappa shape index (κ1) is 23.5. The van der Waals surface area contributed by atoms with Crippen LogP contribution in [0.2, 0.25) is 0 Å². The molecular formula is C28H26N6O2S. The molecule has 1 fully saturated rings. The standard InChI is InChI=1S/C28H26N6O2S/c1-2-37(35,36)34-14-12-33(13-15-34)18-20-8-10-22(11-9-20)28-27(21-6-4-3-5-7-21)31-25-16-23-24(30-19-29-23)17-26(25)32-28/h2-11,16-17,19,32H,1,12-15,18H2. The van der Waals surface area contributed by atoms with E-state index < -0.39 is 10.0 Å². The van der Waals surface area contributed by atoms with E-state index in [4.69, 9.17) is 4.98 Å². The first-order chi connectivity index (χ1) is 18.0. The number of hydrogen-bond acceptors (Lipinski definition) is 6. The smallest absolute Gasteiger partial charge is 0.235 e. The predicted molar refractivity (Wildman–Crippen MR) is 146 cm³/mol.